The first-order chi connectivity index (χ1) is 30.3. The van der Waals surface area contributed by atoms with Crippen molar-refractivity contribution in [3.63, 3.8) is 0 Å². The number of nitrogens with one attached hydrogen (secondary N) is 2. The molecule has 2 saturated carbocycles. The molecular weight excluding hydrogens is 813 g/mol. The number of carbonyl (C=O) groups excluding carboxylic acids is 4. The van der Waals surface area contributed by atoms with Crippen molar-refractivity contribution in [3.8, 4) is 32.0 Å². The van der Waals surface area contributed by atoms with Crippen molar-refractivity contribution in [2.45, 2.75) is 77.5 Å². The third-order valence-electron chi connectivity index (χ3n) is 11.3. The smallest absolute Gasteiger partial charge is 0.250 e. The number of benzene rings is 4. The number of nitrogens with zero attached hydrogens (tertiary/aromatic N) is 4. The van der Waals surface area contributed by atoms with Gasteiger partial charge in [0.1, 0.15) is 22.1 Å². The first kappa shape index (κ1) is 42.7. The van der Waals surface area contributed by atoms with Crippen molar-refractivity contribution in [1.82, 2.24) is 30.4 Å². The Morgan fingerprint density at radius 1 is 0.548 bits per heavy atom. The van der Waals surface area contributed by atoms with E-state index in [2.05, 4.69) is 59.2 Å². The van der Waals surface area contributed by atoms with Crippen LogP contribution in [-0.2, 0) is 32.3 Å². The first-order valence-corrected chi connectivity index (χ1v) is 23.3. The minimum atomic E-state index is -0.734. The average Bonchev–Trinajstić information content (AvgIpc) is 4.25. The Bertz CT molecular complexity index is 2290. The molecule has 8 rings (SSSR count). The average molecular weight is 865 g/mol. The third kappa shape index (κ3) is 10.5. The van der Waals surface area contributed by atoms with Crippen molar-refractivity contribution in [3.05, 3.63) is 143 Å². The number of hydrogen-bond acceptors (Lipinski definition) is 8. The highest BCUT2D eigenvalue weighted by Gasteiger charge is 2.36. The Morgan fingerprint density at radius 3 is 1.24 bits per heavy atom. The van der Waals surface area contributed by atoms with Crippen LogP contribution in [0.5, 0.6) is 0 Å². The lowest BCUT2D eigenvalue weighted by Crippen LogP contribution is -2.43. The molecule has 2 aliphatic rings. The van der Waals surface area contributed by atoms with Crippen LogP contribution >= 0.6 is 22.7 Å². The molecule has 62 heavy (non-hydrogen) atoms. The van der Waals surface area contributed by atoms with E-state index in [0.717, 1.165) is 91.7 Å². The van der Waals surface area contributed by atoms with Crippen molar-refractivity contribution in [2.75, 3.05) is 13.1 Å². The van der Waals surface area contributed by atoms with Gasteiger partial charge in [-0.2, -0.15) is 0 Å². The van der Waals surface area contributed by atoms with Crippen LogP contribution in [0.1, 0.15) is 85.6 Å². The van der Waals surface area contributed by atoms with E-state index in [1.165, 1.54) is 0 Å². The van der Waals surface area contributed by atoms with Crippen LogP contribution in [-0.4, -0.2) is 56.5 Å². The van der Waals surface area contributed by atoms with Crippen LogP contribution in [0.15, 0.2) is 122 Å². The molecule has 0 spiro atoms. The SMILES string of the molecule is CCCN(Cc1ncc(-c2ccc(-c3ccc(-c4cnc(CN(CCC)C(=O)C(NC(=O)C5CC5)c5ccccc5)s4)cc3)cc2)s1)C(=O)C(NC(=O)C1CC1)c1ccccc1. The fourth-order valence-electron chi connectivity index (χ4n) is 7.53. The predicted octanol–water partition coefficient (Wildman–Crippen LogP) is 9.61. The standard InChI is InChI=1S/C50H52N6O4S2/c1-3-27-55(49(59)45(37-11-7-5-8-12-37)53-47(57)39-23-24-39)31-43-51-29-41(61-43)35-19-15-33(16-20-35)34-17-21-36(22-18-34)42-30-52-44(62-42)32-56(28-4-2)50(60)46(38-13-9-6-10-14-38)54-48(58)40-25-26-40/h5-22,29-30,39-40,45-46H,3-4,23-28,31-32H2,1-2H3,(H,53,57)(H,54,58). The van der Waals surface area contributed by atoms with Crippen LogP contribution < -0.4 is 10.6 Å². The second-order valence-corrected chi connectivity index (χ2v) is 18.4. The predicted molar refractivity (Wildman–Crippen MR) is 246 cm³/mol. The summed E-state index contributed by atoms with van der Waals surface area (Å²) in [7, 11) is 0. The molecule has 0 saturated heterocycles. The summed E-state index contributed by atoms with van der Waals surface area (Å²) in [6.45, 7) is 5.96. The molecule has 4 amide bonds. The number of hydrogen-bond donors (Lipinski definition) is 2. The zero-order chi connectivity index (χ0) is 43.0. The molecule has 0 aliphatic heterocycles. The lowest BCUT2D eigenvalue weighted by atomic mass is 10.0. The topological polar surface area (TPSA) is 125 Å². The van der Waals surface area contributed by atoms with Gasteiger partial charge in [-0.25, -0.2) is 9.97 Å². The summed E-state index contributed by atoms with van der Waals surface area (Å²) >= 11 is 3.15. The van der Waals surface area contributed by atoms with Gasteiger partial charge in [0.15, 0.2) is 0 Å². The van der Waals surface area contributed by atoms with E-state index < -0.39 is 12.1 Å². The lowest BCUT2D eigenvalue weighted by molar-refractivity contribution is -0.137. The Balaban J connectivity index is 0.904. The van der Waals surface area contributed by atoms with E-state index in [9.17, 15) is 19.2 Å². The van der Waals surface area contributed by atoms with E-state index in [1.54, 1.807) is 22.7 Å². The molecule has 2 aromatic heterocycles. The van der Waals surface area contributed by atoms with Gasteiger partial charge in [-0.05, 0) is 71.9 Å². The van der Waals surface area contributed by atoms with Crippen molar-refractivity contribution in [2.24, 2.45) is 11.8 Å². The molecule has 2 unspecified atom stereocenters. The number of carbonyl (C=O) groups is 4. The van der Waals surface area contributed by atoms with Gasteiger partial charge in [0.2, 0.25) is 23.6 Å². The normalized spacial score (nSPS) is 14.4. The highest BCUT2D eigenvalue weighted by Crippen LogP contribution is 2.34. The van der Waals surface area contributed by atoms with Gasteiger partial charge in [0, 0.05) is 37.3 Å². The molecule has 10 nitrogen and oxygen atoms in total. The van der Waals surface area contributed by atoms with E-state index in [-0.39, 0.29) is 35.5 Å². The zero-order valence-electron chi connectivity index (χ0n) is 35.2. The maximum Gasteiger partial charge on any atom is 0.250 e. The van der Waals surface area contributed by atoms with Gasteiger partial charge in [-0.1, -0.05) is 123 Å². The maximum absolute atomic E-state index is 14.0. The van der Waals surface area contributed by atoms with Gasteiger partial charge in [-0.15, -0.1) is 22.7 Å². The van der Waals surface area contributed by atoms with Gasteiger partial charge in [0.05, 0.1) is 22.8 Å². The first-order valence-electron chi connectivity index (χ1n) is 21.7. The summed E-state index contributed by atoms with van der Waals surface area (Å²) < 4.78 is 0. The fraction of sp³-hybridized carbons (Fsp3) is 0.320. The van der Waals surface area contributed by atoms with Crippen molar-refractivity contribution < 1.29 is 19.2 Å². The monoisotopic (exact) mass is 864 g/mol. The highest BCUT2D eigenvalue weighted by molar-refractivity contribution is 7.15. The quantitative estimate of drug-likeness (QED) is 0.0836. The van der Waals surface area contributed by atoms with Crippen LogP contribution in [0, 0.1) is 11.8 Å². The number of aromatic nitrogens is 2. The minimum absolute atomic E-state index is 0.000829. The largest absolute Gasteiger partial charge is 0.340 e. The summed E-state index contributed by atoms with van der Waals surface area (Å²) in [5, 5.41) is 7.76. The van der Waals surface area contributed by atoms with Gasteiger partial charge in [-0.3, -0.25) is 19.2 Å². The van der Waals surface area contributed by atoms with Crippen LogP contribution in [0.25, 0.3) is 32.0 Å². The maximum atomic E-state index is 14.0. The Hall–Kier alpha value is -5.98. The minimum Gasteiger partial charge on any atom is -0.340 e. The molecule has 318 valence electrons. The third-order valence-corrected chi connectivity index (χ3v) is 13.3. The Kier molecular flexibility index (Phi) is 13.6. The fourth-order valence-corrected chi connectivity index (χ4v) is 9.41. The lowest BCUT2D eigenvalue weighted by Gasteiger charge is -2.27. The molecule has 2 heterocycles. The molecule has 0 bridgehead atoms. The Morgan fingerprint density at radius 2 is 0.903 bits per heavy atom. The van der Waals surface area contributed by atoms with E-state index in [1.807, 2.05) is 96.7 Å². The van der Waals surface area contributed by atoms with Gasteiger partial charge >= 0.3 is 0 Å². The summed E-state index contributed by atoms with van der Waals surface area (Å²) in [4.78, 5) is 68.8. The molecule has 12 heteroatoms. The summed E-state index contributed by atoms with van der Waals surface area (Å²) in [5.74, 6) is -0.352. The number of rotatable bonds is 19. The van der Waals surface area contributed by atoms with E-state index in [4.69, 9.17) is 9.97 Å². The van der Waals surface area contributed by atoms with Crippen molar-refractivity contribution >= 4 is 46.3 Å². The molecule has 0 radical (unpaired) electrons. The zero-order valence-corrected chi connectivity index (χ0v) is 36.8. The molecule has 6 aromatic rings. The highest BCUT2D eigenvalue weighted by atomic mass is 32.1. The van der Waals surface area contributed by atoms with Crippen LogP contribution in [0.4, 0.5) is 0 Å². The number of amides is 4. The van der Waals surface area contributed by atoms with Crippen LogP contribution in [0.2, 0.25) is 0 Å². The van der Waals surface area contributed by atoms with Crippen LogP contribution in [0.3, 0.4) is 0 Å². The van der Waals surface area contributed by atoms with Crippen molar-refractivity contribution in [1.29, 1.82) is 0 Å². The summed E-state index contributed by atoms with van der Waals surface area (Å²) in [6, 6.07) is 34.4. The van der Waals surface area contributed by atoms with Gasteiger partial charge in [0.25, 0.3) is 0 Å². The van der Waals surface area contributed by atoms with E-state index in [0.29, 0.717) is 26.2 Å². The van der Waals surface area contributed by atoms with Gasteiger partial charge < -0.3 is 20.4 Å². The Labute approximate surface area is 371 Å². The molecule has 2 aliphatic carbocycles. The summed E-state index contributed by atoms with van der Waals surface area (Å²) in [6.07, 6.45) is 8.80. The second kappa shape index (κ2) is 19.8. The summed E-state index contributed by atoms with van der Waals surface area (Å²) in [5.41, 5.74) is 5.84. The second-order valence-electron chi connectivity index (χ2n) is 16.2. The molecule has 2 atom stereocenters. The number of thiazole rings is 2. The molecule has 4 aromatic carbocycles. The molecule has 2 fully saturated rings. The molecular formula is C50H52N6O4S2. The van der Waals surface area contributed by atoms with E-state index >= 15 is 0 Å². The molecule has 2 N–H and O–H groups in total.